The number of aromatic nitrogens is 3. The molecular weight excluding hydrogens is 396 g/mol. The number of pyridine rings is 1. The number of fused-ring (bicyclic) bond motifs is 2. The summed E-state index contributed by atoms with van der Waals surface area (Å²) in [5, 5.41) is 16.4. The molecule has 6 heteroatoms. The van der Waals surface area contributed by atoms with Crippen LogP contribution in [0.15, 0.2) is 54.4 Å². The normalized spacial score (nSPS) is 24.6. The summed E-state index contributed by atoms with van der Waals surface area (Å²) in [6, 6.07) is 9.30. The molecule has 1 N–H and O–H groups in total. The Morgan fingerprint density at radius 2 is 1.97 bits per heavy atom. The van der Waals surface area contributed by atoms with Gasteiger partial charge in [0.15, 0.2) is 0 Å². The predicted molar refractivity (Wildman–Crippen MR) is 115 cm³/mol. The van der Waals surface area contributed by atoms with Crippen molar-refractivity contribution in [3.8, 4) is 5.69 Å². The van der Waals surface area contributed by atoms with Gasteiger partial charge in [-0.1, -0.05) is 12.5 Å². The topological polar surface area (TPSA) is 50.9 Å². The van der Waals surface area contributed by atoms with Gasteiger partial charge in [0.1, 0.15) is 11.6 Å². The number of nitrogens with zero attached hydrogens (tertiary/aromatic N) is 3. The van der Waals surface area contributed by atoms with Crippen molar-refractivity contribution in [2.24, 2.45) is 5.41 Å². The van der Waals surface area contributed by atoms with Crippen LogP contribution in [0.25, 0.3) is 11.8 Å². The number of rotatable bonds is 5. The van der Waals surface area contributed by atoms with E-state index in [0.717, 1.165) is 29.8 Å². The fourth-order valence-electron chi connectivity index (χ4n) is 5.54. The molecule has 0 amide bonds. The molecule has 3 aromatic rings. The van der Waals surface area contributed by atoms with Crippen LogP contribution in [0.5, 0.6) is 0 Å². The monoisotopic (exact) mass is 421 g/mol. The lowest BCUT2D eigenvalue weighted by Gasteiger charge is -2.45. The fraction of sp³-hybridized carbons (Fsp3) is 0.360. The zero-order valence-electron chi connectivity index (χ0n) is 17.5. The van der Waals surface area contributed by atoms with E-state index in [-0.39, 0.29) is 17.0 Å². The summed E-state index contributed by atoms with van der Waals surface area (Å²) in [5.74, 6) is -0.602. The van der Waals surface area contributed by atoms with Gasteiger partial charge < -0.3 is 5.11 Å². The van der Waals surface area contributed by atoms with Gasteiger partial charge in [-0.2, -0.15) is 5.10 Å². The summed E-state index contributed by atoms with van der Waals surface area (Å²) >= 11 is 0. The number of benzene rings is 1. The molecule has 2 heterocycles. The molecule has 5 rings (SSSR count). The SMILES string of the molecule is CC[C@]12Cc3cnn(-c4ccc(F)cc4)c3C=C1CC[C@@]2(O)CCc1ncccc1F. The number of hydrogen-bond acceptors (Lipinski definition) is 3. The molecule has 0 saturated heterocycles. The second-order valence-corrected chi connectivity index (χ2v) is 8.69. The molecule has 1 fully saturated rings. The third kappa shape index (κ3) is 3.12. The van der Waals surface area contributed by atoms with E-state index in [2.05, 4.69) is 23.1 Å². The van der Waals surface area contributed by atoms with Crippen LogP contribution in [-0.4, -0.2) is 25.5 Å². The molecule has 2 aliphatic rings. The van der Waals surface area contributed by atoms with Crippen LogP contribution >= 0.6 is 0 Å². The Kier molecular flexibility index (Phi) is 4.77. The molecule has 31 heavy (non-hydrogen) atoms. The number of halogens is 2. The largest absolute Gasteiger partial charge is 0.389 e. The molecule has 0 aliphatic heterocycles. The van der Waals surface area contributed by atoms with Gasteiger partial charge in [-0.3, -0.25) is 4.98 Å². The van der Waals surface area contributed by atoms with Crippen molar-refractivity contribution in [2.75, 3.05) is 0 Å². The Morgan fingerprint density at radius 3 is 2.71 bits per heavy atom. The number of aryl methyl sites for hydroxylation is 1. The smallest absolute Gasteiger partial charge is 0.144 e. The number of aliphatic hydroxyl groups is 1. The Bertz CT molecular complexity index is 1150. The first-order chi connectivity index (χ1) is 15.0. The lowest BCUT2D eigenvalue weighted by Crippen LogP contribution is -2.47. The summed E-state index contributed by atoms with van der Waals surface area (Å²) in [6.07, 6.45) is 9.38. The van der Waals surface area contributed by atoms with Crippen LogP contribution in [0.2, 0.25) is 0 Å². The highest BCUT2D eigenvalue weighted by atomic mass is 19.1. The van der Waals surface area contributed by atoms with Gasteiger partial charge in [0.05, 0.1) is 28.9 Å². The Morgan fingerprint density at radius 1 is 1.16 bits per heavy atom. The summed E-state index contributed by atoms with van der Waals surface area (Å²) in [4.78, 5) is 4.16. The van der Waals surface area contributed by atoms with E-state index < -0.39 is 5.60 Å². The molecule has 4 nitrogen and oxygen atoms in total. The first-order valence-corrected chi connectivity index (χ1v) is 10.8. The molecular formula is C25H25F2N3O. The molecule has 1 aromatic carbocycles. The number of hydrogen-bond donors (Lipinski definition) is 1. The second-order valence-electron chi connectivity index (χ2n) is 8.69. The van der Waals surface area contributed by atoms with E-state index in [0.29, 0.717) is 31.4 Å². The van der Waals surface area contributed by atoms with Crippen molar-refractivity contribution < 1.29 is 13.9 Å². The van der Waals surface area contributed by atoms with Gasteiger partial charge in [0.25, 0.3) is 0 Å². The zero-order valence-corrected chi connectivity index (χ0v) is 17.5. The zero-order chi connectivity index (χ0) is 21.6. The molecule has 2 aliphatic carbocycles. The summed E-state index contributed by atoms with van der Waals surface area (Å²) in [6.45, 7) is 2.11. The Labute approximate surface area is 180 Å². The van der Waals surface area contributed by atoms with Crippen LogP contribution in [0.1, 0.15) is 49.6 Å². The van der Waals surface area contributed by atoms with Crippen LogP contribution in [0.4, 0.5) is 8.78 Å². The van der Waals surface area contributed by atoms with Gasteiger partial charge in [-0.25, -0.2) is 13.5 Å². The second kappa shape index (κ2) is 7.38. The fourth-order valence-corrected chi connectivity index (χ4v) is 5.54. The molecule has 2 aromatic heterocycles. The van der Waals surface area contributed by atoms with Gasteiger partial charge >= 0.3 is 0 Å². The highest BCUT2D eigenvalue weighted by Crippen LogP contribution is 2.58. The molecule has 0 bridgehead atoms. The highest BCUT2D eigenvalue weighted by molar-refractivity contribution is 5.63. The summed E-state index contributed by atoms with van der Waals surface area (Å²) < 4.78 is 29.3. The lowest BCUT2D eigenvalue weighted by atomic mass is 9.63. The van der Waals surface area contributed by atoms with E-state index >= 15 is 0 Å². The molecule has 1 saturated carbocycles. The minimum absolute atomic E-state index is 0.279. The summed E-state index contributed by atoms with van der Waals surface area (Å²) in [5.41, 5.74) is 3.18. The first kappa shape index (κ1) is 20.1. The van der Waals surface area contributed by atoms with E-state index in [1.807, 2.05) is 10.9 Å². The van der Waals surface area contributed by atoms with Crippen LogP contribution in [0.3, 0.4) is 0 Å². The maximum Gasteiger partial charge on any atom is 0.144 e. The van der Waals surface area contributed by atoms with Gasteiger partial charge in [0, 0.05) is 11.6 Å². The molecule has 2 atom stereocenters. The average molecular weight is 421 g/mol. The van der Waals surface area contributed by atoms with E-state index in [9.17, 15) is 13.9 Å². The van der Waals surface area contributed by atoms with Crippen molar-refractivity contribution in [2.45, 2.75) is 51.0 Å². The van der Waals surface area contributed by atoms with E-state index in [1.54, 1.807) is 24.4 Å². The van der Waals surface area contributed by atoms with Crippen molar-refractivity contribution in [3.63, 3.8) is 0 Å². The van der Waals surface area contributed by atoms with Crippen LogP contribution in [-0.2, 0) is 12.8 Å². The van der Waals surface area contributed by atoms with Crippen molar-refractivity contribution in [3.05, 3.63) is 83.0 Å². The van der Waals surface area contributed by atoms with Gasteiger partial charge in [-0.15, -0.1) is 0 Å². The highest BCUT2D eigenvalue weighted by Gasteiger charge is 2.56. The average Bonchev–Trinajstić information content (AvgIpc) is 3.31. The lowest BCUT2D eigenvalue weighted by molar-refractivity contribution is -0.0571. The minimum atomic E-state index is -0.923. The Balaban J connectivity index is 1.48. The maximum atomic E-state index is 14.1. The minimum Gasteiger partial charge on any atom is -0.389 e. The van der Waals surface area contributed by atoms with Crippen LogP contribution in [0, 0.1) is 17.0 Å². The van der Waals surface area contributed by atoms with Gasteiger partial charge in [-0.05, 0) is 86.6 Å². The van der Waals surface area contributed by atoms with Crippen molar-refractivity contribution in [1.82, 2.24) is 14.8 Å². The molecule has 0 unspecified atom stereocenters. The molecule has 0 spiro atoms. The third-order valence-electron chi connectivity index (χ3n) is 7.29. The van der Waals surface area contributed by atoms with E-state index in [4.69, 9.17) is 0 Å². The quantitative estimate of drug-likeness (QED) is 0.628. The maximum absolute atomic E-state index is 14.1. The Hall–Kier alpha value is -2.86. The standard InChI is InChI=1S/C25H25F2N3O/c1-2-24-15-17-16-29-30(20-7-5-19(26)6-8-20)23(17)14-18(24)9-11-25(24,31)12-10-22-21(27)4-3-13-28-22/h3-8,13-14,16,31H,2,9-12,15H2,1H3/t24-,25+/m0/s1. The van der Waals surface area contributed by atoms with Crippen molar-refractivity contribution >= 4 is 6.08 Å². The first-order valence-electron chi connectivity index (χ1n) is 10.8. The predicted octanol–water partition coefficient (Wildman–Crippen LogP) is 5.04. The molecule has 160 valence electrons. The van der Waals surface area contributed by atoms with Crippen molar-refractivity contribution in [1.29, 1.82) is 0 Å². The van der Waals surface area contributed by atoms with E-state index in [1.165, 1.54) is 23.8 Å². The van der Waals surface area contributed by atoms with Gasteiger partial charge in [0.2, 0.25) is 0 Å². The molecule has 0 radical (unpaired) electrons. The third-order valence-corrected chi connectivity index (χ3v) is 7.29. The summed E-state index contributed by atoms with van der Waals surface area (Å²) in [7, 11) is 0. The van der Waals surface area contributed by atoms with Crippen LogP contribution < -0.4 is 0 Å².